The summed E-state index contributed by atoms with van der Waals surface area (Å²) in [6.45, 7) is 2.22. The lowest BCUT2D eigenvalue weighted by Gasteiger charge is -2.15. The first-order chi connectivity index (χ1) is 16.5. The number of carbonyl (C=O) groups is 1. The topological polar surface area (TPSA) is 83.4 Å². The van der Waals surface area contributed by atoms with Gasteiger partial charge in [0.1, 0.15) is 6.61 Å². The van der Waals surface area contributed by atoms with Crippen LogP contribution in [0.3, 0.4) is 0 Å². The third kappa shape index (κ3) is 5.48. The van der Waals surface area contributed by atoms with E-state index in [4.69, 9.17) is 21.1 Å². The Morgan fingerprint density at radius 2 is 2.00 bits per heavy atom. The molecule has 1 aliphatic rings. The highest BCUT2D eigenvalue weighted by Crippen LogP contribution is 2.34. The molecule has 1 aliphatic heterocycles. The van der Waals surface area contributed by atoms with E-state index in [0.717, 1.165) is 22.4 Å². The SMILES string of the molecule is COc1cc(/C=C2\SC(Nc3cc(Cl)ccc3C)NC2=O)ccc1OCc1ccccc1C#N. The Kier molecular flexibility index (Phi) is 7.31. The summed E-state index contributed by atoms with van der Waals surface area (Å²) in [7, 11) is 1.56. The Balaban J connectivity index is 1.47. The van der Waals surface area contributed by atoms with E-state index in [-0.39, 0.29) is 18.0 Å². The van der Waals surface area contributed by atoms with Crippen LogP contribution < -0.4 is 20.1 Å². The van der Waals surface area contributed by atoms with Crippen LogP contribution in [0.15, 0.2) is 65.6 Å². The number of anilines is 1. The molecule has 3 aromatic carbocycles. The smallest absolute Gasteiger partial charge is 0.260 e. The predicted octanol–water partition coefficient (Wildman–Crippen LogP) is 5.71. The van der Waals surface area contributed by atoms with Gasteiger partial charge in [-0.25, -0.2) is 0 Å². The van der Waals surface area contributed by atoms with Gasteiger partial charge < -0.3 is 20.1 Å². The highest BCUT2D eigenvalue weighted by Gasteiger charge is 2.27. The second-order valence-corrected chi connectivity index (χ2v) is 9.13. The average Bonchev–Trinajstić information content (AvgIpc) is 3.18. The van der Waals surface area contributed by atoms with E-state index in [0.29, 0.717) is 27.0 Å². The van der Waals surface area contributed by atoms with Gasteiger partial charge in [-0.2, -0.15) is 5.26 Å². The fourth-order valence-electron chi connectivity index (χ4n) is 3.41. The molecular weight excluding hydrogens is 470 g/mol. The van der Waals surface area contributed by atoms with Crippen molar-refractivity contribution in [3.63, 3.8) is 0 Å². The van der Waals surface area contributed by atoms with Gasteiger partial charge in [-0.05, 0) is 54.5 Å². The molecule has 1 fully saturated rings. The normalized spacial score (nSPS) is 16.1. The molecule has 172 valence electrons. The van der Waals surface area contributed by atoms with Crippen LogP contribution in [-0.4, -0.2) is 18.5 Å². The second kappa shape index (κ2) is 10.6. The van der Waals surface area contributed by atoms with E-state index in [1.54, 1.807) is 19.2 Å². The maximum absolute atomic E-state index is 12.5. The third-order valence-corrected chi connectivity index (χ3v) is 6.49. The van der Waals surface area contributed by atoms with Crippen molar-refractivity contribution in [3.05, 3.63) is 92.8 Å². The Morgan fingerprint density at radius 3 is 2.79 bits per heavy atom. The molecular formula is C26H22ClN3O3S. The van der Waals surface area contributed by atoms with Crippen LogP contribution in [0, 0.1) is 18.3 Å². The third-order valence-electron chi connectivity index (χ3n) is 5.22. The number of nitriles is 1. The van der Waals surface area contributed by atoms with Gasteiger partial charge in [0.25, 0.3) is 5.91 Å². The zero-order chi connectivity index (χ0) is 24.1. The van der Waals surface area contributed by atoms with Gasteiger partial charge in [-0.15, -0.1) is 0 Å². The summed E-state index contributed by atoms with van der Waals surface area (Å²) in [4.78, 5) is 13.1. The van der Waals surface area contributed by atoms with Gasteiger partial charge in [0.05, 0.1) is 23.6 Å². The number of amides is 1. The fraction of sp³-hybridized carbons (Fsp3) is 0.154. The Morgan fingerprint density at radius 1 is 1.18 bits per heavy atom. The van der Waals surface area contributed by atoms with Gasteiger partial charge in [-0.1, -0.05) is 53.7 Å². The minimum Gasteiger partial charge on any atom is -0.493 e. The molecule has 0 radical (unpaired) electrons. The first-order valence-corrected chi connectivity index (χ1v) is 11.7. The van der Waals surface area contributed by atoms with Crippen LogP contribution in [0.25, 0.3) is 6.08 Å². The number of carbonyl (C=O) groups excluding carboxylic acids is 1. The van der Waals surface area contributed by atoms with Crippen LogP contribution in [0.2, 0.25) is 5.02 Å². The van der Waals surface area contributed by atoms with Gasteiger partial charge >= 0.3 is 0 Å². The van der Waals surface area contributed by atoms with Crippen molar-refractivity contribution >= 4 is 41.0 Å². The van der Waals surface area contributed by atoms with Gasteiger partial charge in [0.2, 0.25) is 0 Å². The number of aryl methyl sites for hydroxylation is 1. The molecule has 0 aliphatic carbocycles. The van der Waals surface area contributed by atoms with E-state index in [2.05, 4.69) is 16.7 Å². The van der Waals surface area contributed by atoms with Crippen molar-refractivity contribution in [2.75, 3.05) is 12.4 Å². The first-order valence-electron chi connectivity index (χ1n) is 10.5. The van der Waals surface area contributed by atoms with E-state index in [1.807, 2.05) is 61.5 Å². The zero-order valence-electron chi connectivity index (χ0n) is 18.6. The quantitative estimate of drug-likeness (QED) is 0.412. The second-order valence-electron chi connectivity index (χ2n) is 7.55. The van der Waals surface area contributed by atoms with Crippen molar-refractivity contribution in [3.8, 4) is 17.6 Å². The highest BCUT2D eigenvalue weighted by molar-refractivity contribution is 8.05. The molecule has 1 amide bonds. The first kappa shape index (κ1) is 23.6. The number of thioether (sulfide) groups is 1. The number of nitrogens with zero attached hydrogens (tertiary/aromatic N) is 1. The summed E-state index contributed by atoms with van der Waals surface area (Å²) in [5.74, 6) is 0.933. The molecule has 0 bridgehead atoms. The van der Waals surface area contributed by atoms with E-state index >= 15 is 0 Å². The van der Waals surface area contributed by atoms with Crippen molar-refractivity contribution < 1.29 is 14.3 Å². The lowest BCUT2D eigenvalue weighted by atomic mass is 10.1. The number of halogens is 1. The summed E-state index contributed by atoms with van der Waals surface area (Å²) >= 11 is 7.49. The molecule has 1 heterocycles. The lowest BCUT2D eigenvalue weighted by Crippen LogP contribution is -2.31. The van der Waals surface area contributed by atoms with Crippen LogP contribution in [0.5, 0.6) is 11.5 Å². The number of methoxy groups -OCH3 is 1. The molecule has 6 nitrogen and oxygen atoms in total. The minimum atomic E-state index is -0.305. The number of ether oxygens (including phenoxy) is 2. The summed E-state index contributed by atoms with van der Waals surface area (Å²) in [6, 6.07) is 20.5. The van der Waals surface area contributed by atoms with E-state index in [1.165, 1.54) is 11.8 Å². The number of hydrogen-bond donors (Lipinski definition) is 2. The molecule has 2 N–H and O–H groups in total. The molecule has 1 unspecified atom stereocenters. The molecule has 0 spiro atoms. The lowest BCUT2D eigenvalue weighted by molar-refractivity contribution is -0.116. The molecule has 1 atom stereocenters. The van der Waals surface area contributed by atoms with Crippen LogP contribution in [0.1, 0.15) is 22.3 Å². The molecule has 8 heteroatoms. The Bertz CT molecular complexity index is 1300. The van der Waals surface area contributed by atoms with Crippen molar-refractivity contribution in [2.45, 2.75) is 19.0 Å². The van der Waals surface area contributed by atoms with Gasteiger partial charge in [-0.3, -0.25) is 4.79 Å². The summed E-state index contributed by atoms with van der Waals surface area (Å²) in [5, 5.41) is 16.1. The molecule has 0 aromatic heterocycles. The number of hydrogen-bond acceptors (Lipinski definition) is 6. The molecule has 4 rings (SSSR count). The molecule has 0 saturated carbocycles. The van der Waals surface area contributed by atoms with E-state index in [9.17, 15) is 10.1 Å². The van der Waals surface area contributed by atoms with Crippen LogP contribution >= 0.6 is 23.4 Å². The monoisotopic (exact) mass is 491 g/mol. The van der Waals surface area contributed by atoms with Crippen LogP contribution in [-0.2, 0) is 11.4 Å². The summed E-state index contributed by atoms with van der Waals surface area (Å²) < 4.78 is 11.4. The summed E-state index contributed by atoms with van der Waals surface area (Å²) in [6.07, 6.45) is 1.81. The molecule has 3 aromatic rings. The number of nitrogens with one attached hydrogen (secondary N) is 2. The van der Waals surface area contributed by atoms with Crippen molar-refractivity contribution in [1.82, 2.24) is 5.32 Å². The molecule has 34 heavy (non-hydrogen) atoms. The largest absolute Gasteiger partial charge is 0.493 e. The molecule has 1 saturated heterocycles. The fourth-order valence-corrected chi connectivity index (χ4v) is 4.56. The zero-order valence-corrected chi connectivity index (χ0v) is 20.2. The minimum absolute atomic E-state index is 0.158. The highest BCUT2D eigenvalue weighted by atomic mass is 35.5. The van der Waals surface area contributed by atoms with Gasteiger partial charge in [0.15, 0.2) is 17.0 Å². The van der Waals surface area contributed by atoms with Crippen molar-refractivity contribution in [1.29, 1.82) is 5.26 Å². The average molecular weight is 492 g/mol. The van der Waals surface area contributed by atoms with Crippen molar-refractivity contribution in [2.24, 2.45) is 0 Å². The predicted molar refractivity (Wildman–Crippen MR) is 136 cm³/mol. The standard InChI is InChI=1S/C26H22ClN3O3S/c1-16-7-9-20(27)13-21(16)29-26-30-25(31)24(34-26)12-17-8-10-22(23(11-17)32-2)33-15-19-6-4-3-5-18(19)14-28/h3-13,26,29H,15H2,1-2H3,(H,30,31)/b24-12-. The summed E-state index contributed by atoms with van der Waals surface area (Å²) in [5.41, 5.74) is 3.77. The maximum atomic E-state index is 12.5. The Labute approximate surface area is 207 Å². The van der Waals surface area contributed by atoms with Crippen LogP contribution in [0.4, 0.5) is 5.69 Å². The number of rotatable bonds is 7. The maximum Gasteiger partial charge on any atom is 0.260 e. The van der Waals surface area contributed by atoms with E-state index < -0.39 is 0 Å². The number of benzene rings is 3. The van der Waals surface area contributed by atoms with Gasteiger partial charge in [0, 0.05) is 16.3 Å². The Hall–Kier alpha value is -3.60.